The Labute approximate surface area is 76.3 Å². The van der Waals surface area contributed by atoms with Crippen LogP contribution in [0.4, 0.5) is 0 Å². The normalized spacial score (nSPS) is 23.9. The highest BCUT2D eigenvalue weighted by molar-refractivity contribution is 7.87. The maximum Gasteiger partial charge on any atom is 0.330 e. The molecule has 13 heavy (non-hydrogen) atoms. The number of rotatable bonds is 2. The summed E-state index contributed by atoms with van der Waals surface area (Å²) >= 11 is 0. The third kappa shape index (κ3) is 2.94. The van der Waals surface area contributed by atoms with Crippen LogP contribution in [0.2, 0.25) is 0 Å². The molecule has 1 fully saturated rings. The molecular formula is C6H11NO5S. The molecule has 0 aromatic rings. The number of carbonyl (C=O) groups excluding carboxylic acids is 1. The van der Waals surface area contributed by atoms with Crippen molar-refractivity contribution in [3.8, 4) is 0 Å². The molecule has 1 N–H and O–H groups in total. The summed E-state index contributed by atoms with van der Waals surface area (Å²) in [6.07, 6.45) is 0. The molecule has 1 aliphatic rings. The molecule has 0 amide bonds. The lowest BCUT2D eigenvalue weighted by molar-refractivity contribution is -0.131. The Hall–Kier alpha value is -0.660. The zero-order valence-corrected chi connectivity index (χ0v) is 7.96. The standard InChI is InChI=1S/C6H11NO5S/c1-5(8)12-13(9,10)6-4-11-3-2-7-6/h6-7H,2-4H2,1H3. The van der Waals surface area contributed by atoms with Gasteiger partial charge in [0.1, 0.15) is 0 Å². The fourth-order valence-corrected chi connectivity index (χ4v) is 1.98. The highest BCUT2D eigenvalue weighted by atomic mass is 32.2. The van der Waals surface area contributed by atoms with E-state index in [9.17, 15) is 13.2 Å². The van der Waals surface area contributed by atoms with Crippen LogP contribution in [0.25, 0.3) is 0 Å². The van der Waals surface area contributed by atoms with E-state index in [0.717, 1.165) is 6.92 Å². The van der Waals surface area contributed by atoms with E-state index in [1.165, 1.54) is 0 Å². The Kier molecular flexibility index (Phi) is 3.23. The summed E-state index contributed by atoms with van der Waals surface area (Å²) in [5.74, 6) is -0.840. The van der Waals surface area contributed by atoms with Crippen molar-refractivity contribution in [1.29, 1.82) is 0 Å². The molecule has 1 rings (SSSR count). The molecule has 6 nitrogen and oxygen atoms in total. The molecule has 0 radical (unpaired) electrons. The quantitative estimate of drug-likeness (QED) is 0.577. The largest absolute Gasteiger partial charge is 0.377 e. The molecule has 1 atom stereocenters. The van der Waals surface area contributed by atoms with E-state index in [4.69, 9.17) is 4.74 Å². The predicted octanol–water partition coefficient (Wildman–Crippen LogP) is -1.17. The Balaban J connectivity index is 2.62. The molecule has 0 spiro atoms. The Morgan fingerprint density at radius 1 is 1.62 bits per heavy atom. The van der Waals surface area contributed by atoms with Crippen LogP contribution in [0, 0.1) is 0 Å². The van der Waals surface area contributed by atoms with Crippen molar-refractivity contribution < 1.29 is 22.1 Å². The minimum Gasteiger partial charge on any atom is -0.377 e. The monoisotopic (exact) mass is 209 g/mol. The number of nitrogens with one attached hydrogen (secondary N) is 1. The Morgan fingerprint density at radius 3 is 2.77 bits per heavy atom. The number of hydrogen-bond acceptors (Lipinski definition) is 6. The molecule has 7 heteroatoms. The molecule has 1 unspecified atom stereocenters. The first-order valence-corrected chi connectivity index (χ1v) is 5.24. The summed E-state index contributed by atoms with van der Waals surface area (Å²) < 4.78 is 31.5. The molecule has 0 saturated carbocycles. The lowest BCUT2D eigenvalue weighted by Gasteiger charge is -2.22. The molecule has 0 aromatic carbocycles. The van der Waals surface area contributed by atoms with Gasteiger partial charge in [-0.05, 0) is 0 Å². The maximum atomic E-state index is 11.2. The van der Waals surface area contributed by atoms with Gasteiger partial charge in [0.2, 0.25) is 0 Å². The van der Waals surface area contributed by atoms with Crippen molar-refractivity contribution >= 4 is 16.1 Å². The summed E-state index contributed by atoms with van der Waals surface area (Å²) in [6, 6.07) is 0. The van der Waals surface area contributed by atoms with Crippen molar-refractivity contribution in [2.24, 2.45) is 0 Å². The highest BCUT2D eigenvalue weighted by Crippen LogP contribution is 2.05. The fraction of sp³-hybridized carbons (Fsp3) is 0.833. The van der Waals surface area contributed by atoms with Crippen LogP contribution < -0.4 is 5.32 Å². The molecular weight excluding hydrogens is 198 g/mol. The summed E-state index contributed by atoms with van der Waals surface area (Å²) in [5.41, 5.74) is 0. The fourth-order valence-electron chi connectivity index (χ4n) is 0.948. The van der Waals surface area contributed by atoms with Crippen LogP contribution in [0.3, 0.4) is 0 Å². The van der Waals surface area contributed by atoms with Gasteiger partial charge < -0.3 is 8.92 Å². The van der Waals surface area contributed by atoms with Gasteiger partial charge in [0.25, 0.3) is 0 Å². The van der Waals surface area contributed by atoms with Gasteiger partial charge >= 0.3 is 16.1 Å². The Bertz CT molecular complexity index is 279. The molecule has 76 valence electrons. The van der Waals surface area contributed by atoms with Gasteiger partial charge in [0, 0.05) is 13.5 Å². The van der Waals surface area contributed by atoms with E-state index >= 15 is 0 Å². The van der Waals surface area contributed by atoms with E-state index in [2.05, 4.69) is 9.50 Å². The van der Waals surface area contributed by atoms with Crippen LogP contribution in [-0.2, 0) is 23.8 Å². The second-order valence-corrected chi connectivity index (χ2v) is 4.31. The molecule has 0 aliphatic carbocycles. The molecule has 1 aliphatic heterocycles. The second-order valence-electron chi connectivity index (χ2n) is 2.59. The number of carbonyl (C=O) groups is 1. The van der Waals surface area contributed by atoms with Crippen LogP contribution >= 0.6 is 0 Å². The lowest BCUT2D eigenvalue weighted by Crippen LogP contribution is -2.47. The first-order chi connectivity index (χ1) is 6.02. The van der Waals surface area contributed by atoms with Gasteiger partial charge in [-0.2, -0.15) is 8.42 Å². The topological polar surface area (TPSA) is 81.7 Å². The van der Waals surface area contributed by atoms with E-state index in [1.54, 1.807) is 0 Å². The van der Waals surface area contributed by atoms with Gasteiger partial charge in [0.15, 0.2) is 5.37 Å². The van der Waals surface area contributed by atoms with Gasteiger partial charge in [0.05, 0.1) is 13.2 Å². The zero-order valence-electron chi connectivity index (χ0n) is 7.15. The summed E-state index contributed by atoms with van der Waals surface area (Å²) in [7, 11) is -3.87. The zero-order chi connectivity index (χ0) is 9.90. The van der Waals surface area contributed by atoms with E-state index in [1.807, 2.05) is 0 Å². The Morgan fingerprint density at radius 2 is 2.31 bits per heavy atom. The summed E-state index contributed by atoms with van der Waals surface area (Å²) in [6.45, 7) is 1.95. The summed E-state index contributed by atoms with van der Waals surface area (Å²) in [5, 5.41) is 1.73. The second kappa shape index (κ2) is 4.03. The molecule has 1 heterocycles. The van der Waals surface area contributed by atoms with E-state index in [0.29, 0.717) is 13.2 Å². The first-order valence-electron chi connectivity index (χ1n) is 3.77. The van der Waals surface area contributed by atoms with Crippen LogP contribution in [0.1, 0.15) is 6.92 Å². The van der Waals surface area contributed by atoms with Crippen molar-refractivity contribution in [3.05, 3.63) is 0 Å². The SMILES string of the molecule is CC(=O)OS(=O)(=O)C1COCCN1. The van der Waals surface area contributed by atoms with Gasteiger partial charge in [-0.1, -0.05) is 0 Å². The predicted molar refractivity (Wildman–Crippen MR) is 43.3 cm³/mol. The average molecular weight is 209 g/mol. The number of morpholine rings is 1. The van der Waals surface area contributed by atoms with Gasteiger partial charge in [-0.15, -0.1) is 0 Å². The molecule has 0 bridgehead atoms. The van der Waals surface area contributed by atoms with E-state index < -0.39 is 21.5 Å². The first kappa shape index (κ1) is 10.4. The van der Waals surface area contributed by atoms with Gasteiger partial charge in [-0.25, -0.2) is 0 Å². The van der Waals surface area contributed by atoms with Crippen LogP contribution in [0.15, 0.2) is 0 Å². The third-order valence-corrected chi connectivity index (χ3v) is 2.94. The third-order valence-electron chi connectivity index (χ3n) is 1.47. The summed E-state index contributed by atoms with van der Waals surface area (Å²) in [4.78, 5) is 10.4. The van der Waals surface area contributed by atoms with Crippen molar-refractivity contribution in [3.63, 3.8) is 0 Å². The minimum absolute atomic E-state index is 0.00954. The van der Waals surface area contributed by atoms with Crippen molar-refractivity contribution in [2.75, 3.05) is 19.8 Å². The highest BCUT2D eigenvalue weighted by Gasteiger charge is 2.30. The molecule has 1 saturated heterocycles. The van der Waals surface area contributed by atoms with E-state index in [-0.39, 0.29) is 6.61 Å². The lowest BCUT2D eigenvalue weighted by atomic mass is 10.5. The van der Waals surface area contributed by atoms with Crippen molar-refractivity contribution in [1.82, 2.24) is 5.32 Å². The van der Waals surface area contributed by atoms with Crippen molar-refractivity contribution in [2.45, 2.75) is 12.3 Å². The van der Waals surface area contributed by atoms with Crippen LogP contribution in [-0.4, -0.2) is 39.5 Å². The smallest absolute Gasteiger partial charge is 0.330 e. The minimum atomic E-state index is -3.87. The van der Waals surface area contributed by atoms with Crippen LogP contribution in [0.5, 0.6) is 0 Å². The number of ether oxygens (including phenoxy) is 1. The number of hydrogen-bond donors (Lipinski definition) is 1. The van der Waals surface area contributed by atoms with Gasteiger partial charge in [-0.3, -0.25) is 10.1 Å². The molecule has 0 aromatic heterocycles. The average Bonchev–Trinajstić information content (AvgIpc) is 2.04. The maximum absolute atomic E-state index is 11.2.